The molecule has 1 aliphatic rings. The first-order valence-electron chi connectivity index (χ1n) is 7.07. The second-order valence-electron chi connectivity index (χ2n) is 5.25. The third-order valence-corrected chi connectivity index (χ3v) is 6.01. The van der Waals surface area contributed by atoms with E-state index in [0.29, 0.717) is 10.9 Å². The minimum Gasteiger partial charge on any atom is -0.341 e. The van der Waals surface area contributed by atoms with Crippen LogP contribution < -0.4 is 5.32 Å². The van der Waals surface area contributed by atoms with Gasteiger partial charge in [0.1, 0.15) is 0 Å². The molecule has 0 unspecified atom stereocenters. The third kappa shape index (κ3) is 3.88. The molecular formula is C16H15ClN2O2S2. The molecule has 120 valence electrons. The molecule has 0 saturated heterocycles. The molecule has 3 rings (SSSR count). The number of fused-ring (bicyclic) bond motifs is 1. The first kappa shape index (κ1) is 16.4. The number of benzene rings is 1. The smallest absolute Gasteiger partial charge is 0.238 e. The van der Waals surface area contributed by atoms with Gasteiger partial charge in [0.25, 0.3) is 0 Å². The van der Waals surface area contributed by atoms with E-state index < -0.39 is 5.25 Å². The number of halogens is 1. The maximum absolute atomic E-state index is 12.4. The summed E-state index contributed by atoms with van der Waals surface area (Å²) in [6, 6.07) is 11.4. The van der Waals surface area contributed by atoms with E-state index in [4.69, 9.17) is 11.6 Å². The highest BCUT2D eigenvalue weighted by molar-refractivity contribution is 8.01. The molecule has 1 atom stereocenters. The lowest BCUT2D eigenvalue weighted by atomic mass is 10.2. The Balaban J connectivity index is 1.62. The molecule has 23 heavy (non-hydrogen) atoms. The summed E-state index contributed by atoms with van der Waals surface area (Å²) in [4.78, 5) is 28.2. The number of hydrogen-bond acceptors (Lipinski definition) is 4. The number of hydrogen-bond donors (Lipinski definition) is 1. The molecule has 4 nitrogen and oxygen atoms in total. The van der Waals surface area contributed by atoms with Gasteiger partial charge in [-0.3, -0.25) is 9.59 Å². The number of para-hydroxylation sites is 1. The average Bonchev–Trinajstić information content (AvgIpc) is 2.93. The van der Waals surface area contributed by atoms with Crippen LogP contribution in [0.4, 0.5) is 5.69 Å². The van der Waals surface area contributed by atoms with Gasteiger partial charge < -0.3 is 10.2 Å². The topological polar surface area (TPSA) is 49.4 Å². The summed E-state index contributed by atoms with van der Waals surface area (Å²) in [6.45, 7) is 0.506. The molecule has 2 heterocycles. The van der Waals surface area contributed by atoms with E-state index in [1.54, 1.807) is 11.9 Å². The van der Waals surface area contributed by atoms with Crippen molar-refractivity contribution in [1.82, 2.24) is 4.90 Å². The van der Waals surface area contributed by atoms with E-state index in [-0.39, 0.29) is 18.2 Å². The molecular weight excluding hydrogens is 352 g/mol. The summed E-state index contributed by atoms with van der Waals surface area (Å²) in [5.74, 6) is -0.170. The van der Waals surface area contributed by atoms with Crippen molar-refractivity contribution < 1.29 is 9.59 Å². The number of rotatable bonds is 4. The number of anilines is 1. The molecule has 7 heteroatoms. The molecule has 0 fully saturated rings. The van der Waals surface area contributed by atoms with Crippen molar-refractivity contribution in [2.24, 2.45) is 0 Å². The second-order valence-corrected chi connectivity index (χ2v) is 8.30. The average molecular weight is 367 g/mol. The van der Waals surface area contributed by atoms with Crippen LogP contribution in [0, 0.1) is 0 Å². The van der Waals surface area contributed by atoms with Gasteiger partial charge in [0.15, 0.2) is 0 Å². The van der Waals surface area contributed by atoms with Crippen molar-refractivity contribution in [3.05, 3.63) is 45.6 Å². The highest BCUT2D eigenvalue weighted by atomic mass is 35.5. The van der Waals surface area contributed by atoms with Gasteiger partial charge in [-0.15, -0.1) is 23.1 Å². The van der Waals surface area contributed by atoms with Gasteiger partial charge in [-0.05, 0) is 24.3 Å². The Labute approximate surface area is 147 Å². The van der Waals surface area contributed by atoms with Gasteiger partial charge >= 0.3 is 0 Å². The fraction of sp³-hybridized carbons (Fsp3) is 0.250. The largest absolute Gasteiger partial charge is 0.341 e. The summed E-state index contributed by atoms with van der Waals surface area (Å²) in [5, 5.41) is 2.46. The second kappa shape index (κ2) is 6.95. The highest BCUT2D eigenvalue weighted by Gasteiger charge is 2.29. The van der Waals surface area contributed by atoms with Crippen LogP contribution in [0.15, 0.2) is 41.3 Å². The SMILES string of the molecule is CN(Cc1ccc(Cl)s1)C(=O)C[C@@H]1Sc2ccccc2NC1=O. The van der Waals surface area contributed by atoms with Crippen LogP contribution >= 0.6 is 34.7 Å². The molecule has 1 aromatic carbocycles. The Morgan fingerprint density at radius 1 is 1.30 bits per heavy atom. The standard InChI is InChI=1S/C16H15ClN2O2S2/c1-19(9-10-6-7-14(17)22-10)15(20)8-13-16(21)18-11-4-2-3-5-12(11)23-13/h2-7,13H,8-9H2,1H3,(H,18,21)/t13-/m0/s1. The van der Waals surface area contributed by atoms with Gasteiger partial charge in [-0.2, -0.15) is 0 Å². The molecule has 1 aromatic heterocycles. The summed E-state index contributed by atoms with van der Waals surface area (Å²) in [5.41, 5.74) is 0.813. The predicted octanol–water partition coefficient (Wildman–Crippen LogP) is 3.86. The van der Waals surface area contributed by atoms with E-state index in [9.17, 15) is 9.59 Å². The number of carbonyl (C=O) groups excluding carboxylic acids is 2. The van der Waals surface area contributed by atoms with Crippen molar-refractivity contribution in [3.63, 3.8) is 0 Å². The van der Waals surface area contributed by atoms with Crippen molar-refractivity contribution >= 4 is 52.2 Å². The molecule has 0 spiro atoms. The summed E-state index contributed by atoms with van der Waals surface area (Å²) in [7, 11) is 1.75. The zero-order valence-corrected chi connectivity index (χ0v) is 14.8. The zero-order valence-electron chi connectivity index (χ0n) is 12.4. The van der Waals surface area contributed by atoms with E-state index in [2.05, 4.69) is 5.32 Å². The zero-order chi connectivity index (χ0) is 16.4. The molecule has 0 saturated carbocycles. The third-order valence-electron chi connectivity index (χ3n) is 3.51. The predicted molar refractivity (Wildman–Crippen MR) is 95.1 cm³/mol. The van der Waals surface area contributed by atoms with Crippen molar-refractivity contribution in [1.29, 1.82) is 0 Å². The Hall–Kier alpha value is -1.50. The number of nitrogens with one attached hydrogen (secondary N) is 1. The van der Waals surface area contributed by atoms with E-state index >= 15 is 0 Å². The monoisotopic (exact) mass is 366 g/mol. The van der Waals surface area contributed by atoms with Gasteiger partial charge in [0.05, 0.1) is 21.8 Å². The van der Waals surface area contributed by atoms with E-state index in [1.165, 1.54) is 23.1 Å². The molecule has 0 radical (unpaired) electrons. The quantitative estimate of drug-likeness (QED) is 0.893. The molecule has 0 aliphatic carbocycles. The first-order valence-corrected chi connectivity index (χ1v) is 9.15. The lowest BCUT2D eigenvalue weighted by Gasteiger charge is -2.25. The Bertz CT molecular complexity index is 747. The number of thiophene rings is 1. The summed E-state index contributed by atoms with van der Waals surface area (Å²) < 4.78 is 0.708. The van der Waals surface area contributed by atoms with Gasteiger partial charge in [-0.25, -0.2) is 0 Å². The van der Waals surface area contributed by atoms with Crippen LogP contribution in [0.25, 0.3) is 0 Å². The van der Waals surface area contributed by atoms with Crippen LogP contribution in [0.2, 0.25) is 4.34 Å². The van der Waals surface area contributed by atoms with Gasteiger partial charge in [0.2, 0.25) is 11.8 Å². The fourth-order valence-corrected chi connectivity index (χ4v) is 4.54. The van der Waals surface area contributed by atoms with Crippen molar-refractivity contribution in [2.45, 2.75) is 23.1 Å². The van der Waals surface area contributed by atoms with Gasteiger partial charge in [0, 0.05) is 23.2 Å². The number of nitrogens with zero attached hydrogens (tertiary/aromatic N) is 1. The molecule has 0 bridgehead atoms. The number of carbonyl (C=O) groups is 2. The van der Waals surface area contributed by atoms with Crippen molar-refractivity contribution in [2.75, 3.05) is 12.4 Å². The van der Waals surface area contributed by atoms with Crippen LogP contribution in [0.3, 0.4) is 0 Å². The Morgan fingerprint density at radius 3 is 2.83 bits per heavy atom. The first-order chi connectivity index (χ1) is 11.0. The molecule has 2 aromatic rings. The molecule has 1 aliphatic heterocycles. The van der Waals surface area contributed by atoms with Gasteiger partial charge in [-0.1, -0.05) is 23.7 Å². The normalized spacial score (nSPS) is 16.6. The molecule has 2 amide bonds. The molecule has 1 N–H and O–H groups in total. The van der Waals surface area contributed by atoms with E-state index in [1.807, 2.05) is 36.4 Å². The maximum atomic E-state index is 12.4. The minimum absolute atomic E-state index is 0.0541. The van der Waals surface area contributed by atoms with Crippen LogP contribution in [-0.2, 0) is 16.1 Å². The number of thioether (sulfide) groups is 1. The summed E-state index contributed by atoms with van der Waals surface area (Å²) in [6.07, 6.45) is 0.181. The minimum atomic E-state index is -0.397. The maximum Gasteiger partial charge on any atom is 0.238 e. The van der Waals surface area contributed by atoms with Crippen molar-refractivity contribution in [3.8, 4) is 0 Å². The van der Waals surface area contributed by atoms with Crippen LogP contribution in [-0.4, -0.2) is 29.0 Å². The van der Waals surface area contributed by atoms with Crippen LogP contribution in [0.5, 0.6) is 0 Å². The summed E-state index contributed by atoms with van der Waals surface area (Å²) >= 11 is 8.81. The fourth-order valence-electron chi connectivity index (χ4n) is 2.30. The Kier molecular flexibility index (Phi) is 4.94. The van der Waals surface area contributed by atoms with E-state index in [0.717, 1.165) is 15.5 Å². The van der Waals surface area contributed by atoms with Crippen LogP contribution in [0.1, 0.15) is 11.3 Å². The lowest BCUT2D eigenvalue weighted by molar-refractivity contribution is -0.131. The lowest BCUT2D eigenvalue weighted by Crippen LogP contribution is -2.35. The highest BCUT2D eigenvalue weighted by Crippen LogP contribution is 2.36. The number of amides is 2. The Morgan fingerprint density at radius 2 is 2.09 bits per heavy atom.